The monoisotopic (exact) mass is 340 g/mol. The molecule has 2 atom stereocenters. The van der Waals surface area contributed by atoms with Crippen LogP contribution in [0.5, 0.6) is 5.75 Å². The third-order valence-electron chi connectivity index (χ3n) is 4.46. The normalized spacial score (nSPS) is 18.1. The summed E-state index contributed by atoms with van der Waals surface area (Å²) in [4.78, 5) is 11.9. The molecule has 1 aliphatic rings. The van der Waals surface area contributed by atoms with E-state index in [4.69, 9.17) is 4.74 Å². The number of amides is 1. The highest BCUT2D eigenvalue weighted by Gasteiger charge is 2.14. The molecule has 1 amide bonds. The van der Waals surface area contributed by atoms with Gasteiger partial charge in [0.25, 0.3) is 5.91 Å². The van der Waals surface area contributed by atoms with E-state index < -0.39 is 0 Å². The second-order valence-corrected chi connectivity index (χ2v) is 6.13. The van der Waals surface area contributed by atoms with Crippen LogP contribution in [0.3, 0.4) is 0 Å². The number of hydrogen-bond acceptors (Lipinski definition) is 3. The smallest absolute Gasteiger partial charge is 0.257 e. The molecule has 1 fully saturated rings. The number of carbonyl (C=O) groups is 1. The van der Waals surface area contributed by atoms with Crippen molar-refractivity contribution in [3.05, 3.63) is 29.8 Å². The van der Waals surface area contributed by atoms with E-state index in [0.29, 0.717) is 11.8 Å². The van der Waals surface area contributed by atoms with Crippen LogP contribution < -0.4 is 15.4 Å². The van der Waals surface area contributed by atoms with E-state index in [1.54, 1.807) is 0 Å². The van der Waals surface area contributed by atoms with Gasteiger partial charge in [-0.3, -0.25) is 4.79 Å². The zero-order valence-corrected chi connectivity index (χ0v) is 15.0. The van der Waals surface area contributed by atoms with Gasteiger partial charge in [-0.25, -0.2) is 0 Å². The predicted octanol–water partition coefficient (Wildman–Crippen LogP) is 3.12. The van der Waals surface area contributed by atoms with Crippen LogP contribution in [0.1, 0.15) is 44.6 Å². The van der Waals surface area contributed by atoms with Crippen molar-refractivity contribution in [2.45, 2.75) is 39.0 Å². The zero-order valence-electron chi connectivity index (χ0n) is 14.1. The highest BCUT2D eigenvalue weighted by Crippen LogP contribution is 2.28. The van der Waals surface area contributed by atoms with Gasteiger partial charge in [0, 0.05) is 6.54 Å². The maximum atomic E-state index is 11.9. The first-order chi connectivity index (χ1) is 10.7. The summed E-state index contributed by atoms with van der Waals surface area (Å²) in [6.07, 6.45) is 3.32. The van der Waals surface area contributed by atoms with E-state index in [-0.39, 0.29) is 24.9 Å². The molecule has 1 saturated heterocycles. The quantitative estimate of drug-likeness (QED) is 0.764. The maximum absolute atomic E-state index is 11.9. The zero-order chi connectivity index (χ0) is 15.8. The molecule has 0 spiro atoms. The molecule has 2 rings (SSSR count). The lowest BCUT2D eigenvalue weighted by Gasteiger charge is -2.15. The molecule has 2 unspecified atom stereocenters. The Balaban J connectivity index is 0.00000264. The Morgan fingerprint density at radius 3 is 2.91 bits per heavy atom. The topological polar surface area (TPSA) is 50.4 Å². The number of hydrogen-bond donors (Lipinski definition) is 2. The minimum absolute atomic E-state index is 0. The van der Waals surface area contributed by atoms with Gasteiger partial charge in [-0.15, -0.1) is 12.4 Å². The number of ether oxygens (including phenoxy) is 1. The van der Waals surface area contributed by atoms with Gasteiger partial charge in [-0.05, 0) is 55.8 Å². The summed E-state index contributed by atoms with van der Waals surface area (Å²) in [5.41, 5.74) is 1.18. The lowest BCUT2D eigenvalue weighted by Crippen LogP contribution is -2.31. The fraction of sp³-hybridized carbons (Fsp3) is 0.611. The van der Waals surface area contributed by atoms with Crippen molar-refractivity contribution in [3.63, 3.8) is 0 Å². The predicted molar refractivity (Wildman–Crippen MR) is 96.5 cm³/mol. The van der Waals surface area contributed by atoms with Crippen LogP contribution in [0, 0.1) is 5.92 Å². The van der Waals surface area contributed by atoms with Gasteiger partial charge in [-0.1, -0.05) is 32.0 Å². The lowest BCUT2D eigenvalue weighted by molar-refractivity contribution is -0.123. The molecule has 0 bridgehead atoms. The van der Waals surface area contributed by atoms with Crippen molar-refractivity contribution in [2.75, 3.05) is 26.2 Å². The van der Waals surface area contributed by atoms with Crippen molar-refractivity contribution < 1.29 is 9.53 Å². The van der Waals surface area contributed by atoms with Crippen molar-refractivity contribution >= 4 is 18.3 Å². The van der Waals surface area contributed by atoms with Crippen LogP contribution in [-0.2, 0) is 4.79 Å². The van der Waals surface area contributed by atoms with E-state index in [2.05, 4.69) is 30.5 Å². The molecule has 23 heavy (non-hydrogen) atoms. The molecular weight excluding hydrogens is 312 g/mol. The van der Waals surface area contributed by atoms with Gasteiger partial charge in [0.05, 0.1) is 0 Å². The minimum atomic E-state index is -0.0371. The Morgan fingerprint density at radius 1 is 1.43 bits per heavy atom. The number of para-hydroxylation sites is 1. The molecule has 130 valence electrons. The van der Waals surface area contributed by atoms with Crippen LogP contribution in [0.4, 0.5) is 0 Å². The minimum Gasteiger partial charge on any atom is -0.483 e. The second-order valence-electron chi connectivity index (χ2n) is 6.13. The molecule has 0 radical (unpaired) electrons. The third kappa shape index (κ3) is 6.40. The first kappa shape index (κ1) is 19.8. The Bertz CT molecular complexity index is 476. The fourth-order valence-electron chi connectivity index (χ4n) is 2.81. The summed E-state index contributed by atoms with van der Waals surface area (Å²) in [5.74, 6) is 1.93. The molecular formula is C18H29ClN2O2. The van der Waals surface area contributed by atoms with Crippen LogP contribution in [0.15, 0.2) is 24.3 Å². The molecule has 1 heterocycles. The molecule has 0 saturated carbocycles. The average molecular weight is 341 g/mol. The molecule has 5 heteroatoms. The Hall–Kier alpha value is -1.26. The maximum Gasteiger partial charge on any atom is 0.257 e. The molecule has 0 aromatic heterocycles. The number of halogens is 1. The summed E-state index contributed by atoms with van der Waals surface area (Å²) >= 11 is 0. The largest absolute Gasteiger partial charge is 0.483 e. The van der Waals surface area contributed by atoms with E-state index >= 15 is 0 Å². The van der Waals surface area contributed by atoms with E-state index in [9.17, 15) is 4.79 Å². The Kier molecular flexibility index (Phi) is 9.03. The molecule has 1 aromatic carbocycles. The van der Waals surface area contributed by atoms with Gasteiger partial charge in [0.15, 0.2) is 6.61 Å². The van der Waals surface area contributed by atoms with E-state index in [1.807, 2.05) is 18.2 Å². The van der Waals surface area contributed by atoms with Crippen molar-refractivity contribution in [3.8, 4) is 5.75 Å². The van der Waals surface area contributed by atoms with Crippen LogP contribution in [0.25, 0.3) is 0 Å². The van der Waals surface area contributed by atoms with Crippen molar-refractivity contribution in [1.82, 2.24) is 10.6 Å². The lowest BCUT2D eigenvalue weighted by atomic mass is 9.98. The van der Waals surface area contributed by atoms with Gasteiger partial charge in [-0.2, -0.15) is 0 Å². The molecule has 1 aliphatic heterocycles. The van der Waals surface area contributed by atoms with Crippen LogP contribution in [0.2, 0.25) is 0 Å². The Morgan fingerprint density at radius 2 is 2.22 bits per heavy atom. The van der Waals surface area contributed by atoms with E-state index in [1.165, 1.54) is 12.0 Å². The van der Waals surface area contributed by atoms with Crippen LogP contribution in [-0.4, -0.2) is 32.1 Å². The van der Waals surface area contributed by atoms with Gasteiger partial charge < -0.3 is 15.4 Å². The number of benzene rings is 1. The summed E-state index contributed by atoms with van der Waals surface area (Å²) in [6.45, 7) is 7.35. The number of nitrogens with one attached hydrogen (secondary N) is 2. The third-order valence-corrected chi connectivity index (χ3v) is 4.46. The Labute approximate surface area is 145 Å². The second kappa shape index (κ2) is 10.5. The van der Waals surface area contributed by atoms with Gasteiger partial charge in [0.1, 0.15) is 5.75 Å². The van der Waals surface area contributed by atoms with Gasteiger partial charge in [0.2, 0.25) is 0 Å². The van der Waals surface area contributed by atoms with E-state index in [0.717, 1.165) is 38.2 Å². The fourth-order valence-corrected chi connectivity index (χ4v) is 2.81. The SMILES string of the molecule is CCC(C)c1ccccc1OCC(=O)NCCC1CCNC1.Cl. The number of carbonyl (C=O) groups excluding carboxylic acids is 1. The summed E-state index contributed by atoms with van der Waals surface area (Å²) in [6, 6.07) is 7.99. The molecule has 2 N–H and O–H groups in total. The summed E-state index contributed by atoms with van der Waals surface area (Å²) in [5, 5.41) is 6.29. The number of rotatable bonds is 8. The first-order valence-corrected chi connectivity index (χ1v) is 8.39. The molecule has 1 aromatic rings. The average Bonchev–Trinajstić information content (AvgIpc) is 3.06. The molecule has 0 aliphatic carbocycles. The highest BCUT2D eigenvalue weighted by atomic mass is 35.5. The first-order valence-electron chi connectivity index (χ1n) is 8.39. The highest BCUT2D eigenvalue weighted by molar-refractivity contribution is 5.85. The van der Waals surface area contributed by atoms with Crippen molar-refractivity contribution in [1.29, 1.82) is 0 Å². The van der Waals surface area contributed by atoms with Gasteiger partial charge >= 0.3 is 0 Å². The standard InChI is InChI=1S/C18H28N2O2.ClH/c1-3-14(2)16-6-4-5-7-17(16)22-13-18(21)20-11-9-15-8-10-19-12-15;/h4-7,14-15,19H,3,8-13H2,1-2H3,(H,20,21);1H. The summed E-state index contributed by atoms with van der Waals surface area (Å²) in [7, 11) is 0. The summed E-state index contributed by atoms with van der Waals surface area (Å²) < 4.78 is 5.72. The molecule has 4 nitrogen and oxygen atoms in total. The van der Waals surface area contributed by atoms with Crippen LogP contribution >= 0.6 is 12.4 Å². The van der Waals surface area contributed by atoms with Crippen molar-refractivity contribution in [2.24, 2.45) is 5.92 Å².